The molecule has 0 unspecified atom stereocenters. The molecule has 72 valence electrons. The fourth-order valence-electron chi connectivity index (χ4n) is 1.61. The van der Waals surface area contributed by atoms with E-state index in [0.29, 0.717) is 18.4 Å². The van der Waals surface area contributed by atoms with Gasteiger partial charge in [-0.15, -0.1) is 0 Å². The number of nitrogens with one attached hydrogen (secondary N) is 1. The second kappa shape index (κ2) is 3.62. The first-order valence-electron chi connectivity index (χ1n) is 4.66. The maximum absolute atomic E-state index is 11.8. The van der Waals surface area contributed by atoms with Crippen molar-refractivity contribution in [3.8, 4) is 0 Å². The van der Waals surface area contributed by atoms with Gasteiger partial charge in [0.2, 0.25) is 5.91 Å². The van der Waals surface area contributed by atoms with Crippen LogP contribution in [-0.2, 0) is 4.79 Å². The Balaban J connectivity index is 2.13. The van der Waals surface area contributed by atoms with Crippen LogP contribution >= 0.6 is 0 Å². The van der Waals surface area contributed by atoms with Crippen molar-refractivity contribution in [2.75, 3.05) is 0 Å². The maximum Gasteiger partial charge on any atom is 0.220 e. The van der Waals surface area contributed by atoms with Crippen molar-refractivity contribution in [2.24, 2.45) is 0 Å². The van der Waals surface area contributed by atoms with Crippen molar-refractivity contribution in [3.05, 3.63) is 35.9 Å². The molecule has 1 amide bonds. The molecule has 1 heterocycles. The van der Waals surface area contributed by atoms with E-state index >= 15 is 0 Å². The van der Waals surface area contributed by atoms with E-state index in [0.717, 1.165) is 0 Å². The zero-order chi connectivity index (χ0) is 9.97. The minimum atomic E-state index is -0.315. The predicted molar refractivity (Wildman–Crippen MR) is 51.9 cm³/mol. The number of hydrogen-bond donors (Lipinski definition) is 1. The van der Waals surface area contributed by atoms with E-state index in [1.165, 1.54) is 0 Å². The van der Waals surface area contributed by atoms with Crippen LogP contribution in [-0.4, -0.2) is 17.7 Å². The smallest absolute Gasteiger partial charge is 0.220 e. The summed E-state index contributed by atoms with van der Waals surface area (Å²) >= 11 is 0. The quantitative estimate of drug-likeness (QED) is 0.709. The third-order valence-electron chi connectivity index (χ3n) is 2.37. The summed E-state index contributed by atoms with van der Waals surface area (Å²) in [5.41, 5.74) is 0.666. The van der Waals surface area contributed by atoms with E-state index in [4.69, 9.17) is 0 Å². The first kappa shape index (κ1) is 8.94. The molecule has 0 aliphatic carbocycles. The molecule has 14 heavy (non-hydrogen) atoms. The minimum Gasteiger partial charge on any atom is -0.346 e. The molecule has 1 saturated heterocycles. The van der Waals surface area contributed by atoms with Crippen molar-refractivity contribution in [1.29, 1.82) is 0 Å². The van der Waals surface area contributed by atoms with Crippen molar-refractivity contribution < 1.29 is 9.59 Å². The zero-order valence-corrected chi connectivity index (χ0v) is 7.69. The molecule has 1 aromatic carbocycles. The van der Waals surface area contributed by atoms with Gasteiger partial charge in [-0.25, -0.2) is 0 Å². The second-order valence-corrected chi connectivity index (χ2v) is 3.39. The van der Waals surface area contributed by atoms with E-state index in [9.17, 15) is 9.59 Å². The number of hydrogen-bond acceptors (Lipinski definition) is 2. The van der Waals surface area contributed by atoms with Crippen LogP contribution < -0.4 is 5.32 Å². The lowest BCUT2D eigenvalue weighted by Crippen LogP contribution is -2.33. The van der Waals surface area contributed by atoms with Gasteiger partial charge in [-0.1, -0.05) is 30.3 Å². The van der Waals surface area contributed by atoms with Crippen LogP contribution in [0.4, 0.5) is 0 Å². The average molecular weight is 189 g/mol. The molecule has 0 aromatic heterocycles. The highest BCUT2D eigenvalue weighted by Gasteiger charge is 2.27. The summed E-state index contributed by atoms with van der Waals surface area (Å²) in [4.78, 5) is 22.7. The lowest BCUT2D eigenvalue weighted by Gasteiger charge is -2.07. The van der Waals surface area contributed by atoms with Gasteiger partial charge in [-0.05, 0) is 6.42 Å². The summed E-state index contributed by atoms with van der Waals surface area (Å²) in [6.07, 6.45) is 1.08. The summed E-state index contributed by atoms with van der Waals surface area (Å²) in [6.45, 7) is 0. The first-order chi connectivity index (χ1) is 6.77. The van der Waals surface area contributed by atoms with E-state index in [2.05, 4.69) is 5.32 Å². The fraction of sp³-hybridized carbons (Fsp3) is 0.273. The number of rotatable bonds is 2. The van der Waals surface area contributed by atoms with Crippen LogP contribution in [0.2, 0.25) is 0 Å². The number of carbonyl (C=O) groups excluding carboxylic acids is 2. The largest absolute Gasteiger partial charge is 0.346 e. The van der Waals surface area contributed by atoms with Crippen molar-refractivity contribution in [3.63, 3.8) is 0 Å². The summed E-state index contributed by atoms with van der Waals surface area (Å²) < 4.78 is 0. The lowest BCUT2D eigenvalue weighted by atomic mass is 10.0. The molecule has 1 fully saturated rings. The number of benzene rings is 1. The van der Waals surface area contributed by atoms with Gasteiger partial charge >= 0.3 is 0 Å². The van der Waals surface area contributed by atoms with Crippen LogP contribution in [0, 0.1) is 0 Å². The molecule has 1 atom stereocenters. The van der Waals surface area contributed by atoms with Crippen LogP contribution in [0.1, 0.15) is 23.2 Å². The lowest BCUT2D eigenvalue weighted by molar-refractivity contribution is -0.119. The number of carbonyl (C=O) groups is 2. The highest BCUT2D eigenvalue weighted by molar-refractivity contribution is 6.03. The Morgan fingerprint density at radius 1 is 1.29 bits per heavy atom. The summed E-state index contributed by atoms with van der Waals surface area (Å²) in [6, 6.07) is 8.74. The number of amides is 1. The molecule has 1 aliphatic heterocycles. The van der Waals surface area contributed by atoms with E-state index < -0.39 is 0 Å². The Hall–Kier alpha value is -1.64. The molecule has 3 heteroatoms. The third-order valence-corrected chi connectivity index (χ3v) is 2.37. The van der Waals surface area contributed by atoms with Crippen molar-refractivity contribution >= 4 is 11.7 Å². The summed E-state index contributed by atoms with van der Waals surface area (Å²) in [7, 11) is 0. The standard InChI is InChI=1S/C11H11NO2/c13-10-7-6-9(12-10)11(14)8-4-2-1-3-5-8/h1-5,9H,6-7H2,(H,12,13)/t9-/m1/s1. The SMILES string of the molecule is O=C1CC[C@H](C(=O)c2ccccc2)N1. The van der Waals surface area contributed by atoms with Gasteiger partial charge in [0.1, 0.15) is 0 Å². The molecule has 0 bridgehead atoms. The summed E-state index contributed by atoms with van der Waals surface area (Å²) in [5, 5.41) is 2.66. The van der Waals surface area contributed by atoms with Crippen LogP contribution in [0.25, 0.3) is 0 Å². The summed E-state index contributed by atoms with van der Waals surface area (Å²) in [5.74, 6) is -0.0178. The molecule has 1 aliphatic rings. The van der Waals surface area contributed by atoms with Crippen LogP contribution in [0.15, 0.2) is 30.3 Å². The number of Topliss-reactive ketones (excluding diaryl/α,β-unsaturated/α-hetero) is 1. The number of ketones is 1. The van der Waals surface area contributed by atoms with E-state index in [1.807, 2.05) is 18.2 Å². The molecule has 1 N–H and O–H groups in total. The van der Waals surface area contributed by atoms with Gasteiger partial charge in [0, 0.05) is 12.0 Å². The van der Waals surface area contributed by atoms with Crippen molar-refractivity contribution in [1.82, 2.24) is 5.32 Å². The molecule has 0 saturated carbocycles. The normalized spacial score (nSPS) is 20.6. The molecule has 1 aromatic rings. The van der Waals surface area contributed by atoms with E-state index in [1.54, 1.807) is 12.1 Å². The monoisotopic (exact) mass is 189 g/mol. The van der Waals surface area contributed by atoms with Crippen molar-refractivity contribution in [2.45, 2.75) is 18.9 Å². The van der Waals surface area contributed by atoms with Crippen LogP contribution in [0.3, 0.4) is 0 Å². The highest BCUT2D eigenvalue weighted by Crippen LogP contribution is 2.12. The topological polar surface area (TPSA) is 46.2 Å². The van der Waals surface area contributed by atoms with Gasteiger partial charge in [-0.3, -0.25) is 9.59 Å². The van der Waals surface area contributed by atoms with Gasteiger partial charge in [0.05, 0.1) is 6.04 Å². The predicted octanol–water partition coefficient (Wildman–Crippen LogP) is 1.15. The molecule has 3 nitrogen and oxygen atoms in total. The first-order valence-corrected chi connectivity index (χ1v) is 4.66. The Morgan fingerprint density at radius 2 is 2.00 bits per heavy atom. The molecule has 2 rings (SSSR count). The molecular formula is C11H11NO2. The highest BCUT2D eigenvalue weighted by atomic mass is 16.2. The third kappa shape index (κ3) is 1.66. The average Bonchev–Trinajstić information content (AvgIpc) is 2.65. The zero-order valence-electron chi connectivity index (χ0n) is 7.69. The van der Waals surface area contributed by atoms with Gasteiger partial charge < -0.3 is 5.32 Å². The Bertz CT molecular complexity index is 359. The molecular weight excluding hydrogens is 178 g/mol. The van der Waals surface area contributed by atoms with Gasteiger partial charge in [0.15, 0.2) is 5.78 Å². The van der Waals surface area contributed by atoms with Gasteiger partial charge in [-0.2, -0.15) is 0 Å². The second-order valence-electron chi connectivity index (χ2n) is 3.39. The Labute approximate surface area is 82.1 Å². The van der Waals surface area contributed by atoms with E-state index in [-0.39, 0.29) is 17.7 Å². The van der Waals surface area contributed by atoms with Gasteiger partial charge in [0.25, 0.3) is 0 Å². The molecule has 0 spiro atoms. The Kier molecular flexibility index (Phi) is 2.31. The Morgan fingerprint density at radius 3 is 2.57 bits per heavy atom. The maximum atomic E-state index is 11.8. The fourth-order valence-corrected chi connectivity index (χ4v) is 1.61. The molecule has 0 radical (unpaired) electrons. The van der Waals surface area contributed by atoms with Crippen LogP contribution in [0.5, 0.6) is 0 Å². The minimum absolute atomic E-state index is 0.0106.